The van der Waals surface area contributed by atoms with Gasteiger partial charge in [0.05, 0.1) is 0 Å². The van der Waals surface area contributed by atoms with E-state index in [1.165, 1.54) is 29.2 Å². The van der Waals surface area contributed by atoms with E-state index in [-0.39, 0.29) is 30.9 Å². The molecule has 1 aliphatic carbocycles. The molecule has 0 spiro atoms. The molecule has 6 heteroatoms. The number of hydrogen-bond donors (Lipinski definition) is 1. The molecule has 1 amide bonds. The van der Waals surface area contributed by atoms with Gasteiger partial charge in [-0.25, -0.2) is 4.39 Å². The lowest BCUT2D eigenvalue weighted by atomic mass is 10.3. The summed E-state index contributed by atoms with van der Waals surface area (Å²) < 4.78 is 17.9. The largest absolute Gasteiger partial charge is 0.484 e. The molecule has 102 valence electrons. The Hall–Kier alpha value is -2.11. The summed E-state index contributed by atoms with van der Waals surface area (Å²) in [7, 11) is 0. The molecule has 1 aromatic rings. The monoisotopic (exact) mass is 267 g/mol. The van der Waals surface area contributed by atoms with Crippen LogP contribution in [-0.4, -0.2) is 41.1 Å². The molecule has 0 aliphatic heterocycles. The Bertz CT molecular complexity index is 470. The van der Waals surface area contributed by atoms with Crippen LogP contribution in [0.25, 0.3) is 0 Å². The zero-order valence-corrected chi connectivity index (χ0v) is 10.2. The molecule has 0 radical (unpaired) electrons. The van der Waals surface area contributed by atoms with Crippen molar-refractivity contribution in [2.75, 3.05) is 13.2 Å². The predicted octanol–water partition coefficient (Wildman–Crippen LogP) is 1.28. The van der Waals surface area contributed by atoms with Gasteiger partial charge in [0.25, 0.3) is 5.91 Å². The van der Waals surface area contributed by atoms with Gasteiger partial charge in [-0.3, -0.25) is 9.59 Å². The lowest BCUT2D eigenvalue weighted by molar-refractivity contribution is -0.145. The summed E-state index contributed by atoms with van der Waals surface area (Å²) >= 11 is 0. The average molecular weight is 267 g/mol. The Kier molecular flexibility index (Phi) is 3.99. The molecular formula is C13H14FNO4. The minimum atomic E-state index is -1.04. The highest BCUT2D eigenvalue weighted by atomic mass is 19.1. The summed E-state index contributed by atoms with van der Waals surface area (Å²) in [6.07, 6.45) is 1.66. The molecule has 0 saturated heterocycles. The van der Waals surface area contributed by atoms with Crippen LogP contribution in [0, 0.1) is 5.82 Å². The molecular weight excluding hydrogens is 253 g/mol. The average Bonchev–Trinajstić information content (AvgIpc) is 3.19. The zero-order valence-electron chi connectivity index (χ0n) is 10.2. The molecule has 1 saturated carbocycles. The van der Waals surface area contributed by atoms with Crippen LogP contribution in [-0.2, 0) is 9.59 Å². The normalized spacial score (nSPS) is 13.9. The van der Waals surface area contributed by atoms with Crippen LogP contribution in [0.15, 0.2) is 24.3 Å². The first-order valence-corrected chi connectivity index (χ1v) is 5.96. The Morgan fingerprint density at radius 1 is 1.32 bits per heavy atom. The third kappa shape index (κ3) is 3.94. The number of carboxylic acid groups (broad SMARTS) is 1. The number of carboxylic acids is 1. The first kappa shape index (κ1) is 13.3. The number of benzene rings is 1. The third-order valence-corrected chi connectivity index (χ3v) is 2.79. The lowest BCUT2D eigenvalue weighted by Crippen LogP contribution is -2.40. The van der Waals surface area contributed by atoms with Crippen molar-refractivity contribution < 1.29 is 23.8 Å². The minimum absolute atomic E-state index is 0.0143. The first-order chi connectivity index (χ1) is 9.06. The van der Waals surface area contributed by atoms with Crippen LogP contribution in [0.2, 0.25) is 0 Å². The van der Waals surface area contributed by atoms with Gasteiger partial charge < -0.3 is 14.7 Å². The Labute approximate surface area is 109 Å². The molecule has 1 fully saturated rings. The summed E-state index contributed by atoms with van der Waals surface area (Å²) in [6, 6.07) is 5.31. The number of carbonyl (C=O) groups excluding carboxylic acids is 1. The molecule has 0 atom stereocenters. The molecule has 0 bridgehead atoms. The number of aliphatic carboxylic acids is 1. The van der Waals surface area contributed by atoms with Crippen molar-refractivity contribution in [2.45, 2.75) is 18.9 Å². The van der Waals surface area contributed by atoms with Crippen molar-refractivity contribution >= 4 is 11.9 Å². The summed E-state index contributed by atoms with van der Waals surface area (Å²) in [4.78, 5) is 23.9. The lowest BCUT2D eigenvalue weighted by Gasteiger charge is -2.20. The van der Waals surface area contributed by atoms with Crippen molar-refractivity contribution in [1.82, 2.24) is 4.90 Å². The summed E-state index contributed by atoms with van der Waals surface area (Å²) in [5.74, 6) is -1.42. The highest BCUT2D eigenvalue weighted by Gasteiger charge is 2.33. The summed E-state index contributed by atoms with van der Waals surface area (Å²) in [5, 5.41) is 8.75. The number of halogens is 1. The molecule has 0 heterocycles. The van der Waals surface area contributed by atoms with Gasteiger partial charge in [-0.05, 0) is 37.1 Å². The Balaban J connectivity index is 1.88. The van der Waals surface area contributed by atoms with Crippen molar-refractivity contribution in [3.63, 3.8) is 0 Å². The zero-order chi connectivity index (χ0) is 13.8. The van der Waals surface area contributed by atoms with Gasteiger partial charge in [0.2, 0.25) is 0 Å². The predicted molar refractivity (Wildman–Crippen MR) is 64.3 cm³/mol. The van der Waals surface area contributed by atoms with Crippen molar-refractivity contribution in [3.05, 3.63) is 30.1 Å². The molecule has 19 heavy (non-hydrogen) atoms. The van der Waals surface area contributed by atoms with E-state index in [0.717, 1.165) is 12.8 Å². The topological polar surface area (TPSA) is 66.8 Å². The van der Waals surface area contributed by atoms with Crippen molar-refractivity contribution in [1.29, 1.82) is 0 Å². The smallest absolute Gasteiger partial charge is 0.323 e. The van der Waals surface area contributed by atoms with Crippen LogP contribution in [0.4, 0.5) is 4.39 Å². The van der Waals surface area contributed by atoms with E-state index in [4.69, 9.17) is 9.84 Å². The van der Waals surface area contributed by atoms with Gasteiger partial charge >= 0.3 is 5.97 Å². The maximum Gasteiger partial charge on any atom is 0.323 e. The fourth-order valence-corrected chi connectivity index (χ4v) is 1.71. The van der Waals surface area contributed by atoms with E-state index in [9.17, 15) is 14.0 Å². The van der Waals surface area contributed by atoms with Crippen LogP contribution in [0.1, 0.15) is 12.8 Å². The number of nitrogens with zero attached hydrogens (tertiary/aromatic N) is 1. The van der Waals surface area contributed by atoms with E-state index in [2.05, 4.69) is 0 Å². The SMILES string of the molecule is O=C(O)CN(C(=O)COc1ccc(F)cc1)C1CC1. The molecule has 1 aromatic carbocycles. The second-order valence-corrected chi connectivity index (χ2v) is 4.39. The van der Waals surface area contributed by atoms with E-state index in [1.807, 2.05) is 0 Å². The van der Waals surface area contributed by atoms with Crippen molar-refractivity contribution in [2.24, 2.45) is 0 Å². The van der Waals surface area contributed by atoms with Crippen LogP contribution in [0.5, 0.6) is 5.75 Å². The van der Waals surface area contributed by atoms with Crippen LogP contribution >= 0.6 is 0 Å². The maximum absolute atomic E-state index is 12.7. The minimum Gasteiger partial charge on any atom is -0.484 e. The van der Waals surface area contributed by atoms with Gasteiger partial charge in [0.1, 0.15) is 18.1 Å². The number of carbonyl (C=O) groups is 2. The Morgan fingerprint density at radius 3 is 2.47 bits per heavy atom. The van der Waals surface area contributed by atoms with Gasteiger partial charge in [0.15, 0.2) is 6.61 Å². The molecule has 5 nitrogen and oxygen atoms in total. The first-order valence-electron chi connectivity index (χ1n) is 5.96. The molecule has 1 N–H and O–H groups in total. The van der Waals surface area contributed by atoms with E-state index in [0.29, 0.717) is 5.75 Å². The highest BCUT2D eigenvalue weighted by molar-refractivity contribution is 5.83. The molecule has 2 rings (SSSR count). The van der Waals surface area contributed by atoms with E-state index in [1.54, 1.807) is 0 Å². The van der Waals surface area contributed by atoms with Crippen LogP contribution < -0.4 is 4.74 Å². The second-order valence-electron chi connectivity index (χ2n) is 4.39. The van der Waals surface area contributed by atoms with E-state index < -0.39 is 5.97 Å². The summed E-state index contributed by atoms with van der Waals surface area (Å²) in [6.45, 7) is -0.550. The quantitative estimate of drug-likeness (QED) is 0.843. The van der Waals surface area contributed by atoms with Gasteiger partial charge in [0, 0.05) is 6.04 Å². The number of rotatable bonds is 6. The second kappa shape index (κ2) is 5.69. The standard InChI is InChI=1S/C13H14FNO4/c14-9-1-5-11(6-2-9)19-8-12(16)15(7-13(17)18)10-3-4-10/h1-2,5-6,10H,3-4,7-8H2,(H,17,18). The molecule has 0 aromatic heterocycles. The van der Waals surface area contributed by atoms with Crippen LogP contribution in [0.3, 0.4) is 0 Å². The highest BCUT2D eigenvalue weighted by Crippen LogP contribution is 2.26. The third-order valence-electron chi connectivity index (χ3n) is 2.79. The van der Waals surface area contributed by atoms with Crippen molar-refractivity contribution in [3.8, 4) is 5.75 Å². The summed E-state index contributed by atoms with van der Waals surface area (Å²) in [5.41, 5.74) is 0. The Morgan fingerprint density at radius 2 is 1.95 bits per heavy atom. The van der Waals surface area contributed by atoms with E-state index >= 15 is 0 Å². The van der Waals surface area contributed by atoms with Gasteiger partial charge in [-0.2, -0.15) is 0 Å². The van der Waals surface area contributed by atoms with Gasteiger partial charge in [-0.1, -0.05) is 0 Å². The van der Waals surface area contributed by atoms with Gasteiger partial charge in [-0.15, -0.1) is 0 Å². The molecule has 0 unspecified atom stereocenters. The number of amides is 1. The number of ether oxygens (including phenoxy) is 1. The fourth-order valence-electron chi connectivity index (χ4n) is 1.71. The molecule has 1 aliphatic rings. The fraction of sp³-hybridized carbons (Fsp3) is 0.385. The maximum atomic E-state index is 12.7. The number of hydrogen-bond acceptors (Lipinski definition) is 3.